The van der Waals surface area contributed by atoms with Crippen LogP contribution in [0.3, 0.4) is 0 Å². The molecule has 0 saturated heterocycles. The lowest BCUT2D eigenvalue weighted by Gasteiger charge is -1.97. The van der Waals surface area contributed by atoms with Gasteiger partial charge in [0.25, 0.3) is 0 Å². The average Bonchev–Trinajstić information content (AvgIpc) is 2.92. The fraction of sp³-hybridized carbons (Fsp3) is 0. The molecule has 0 aliphatic heterocycles. The Morgan fingerprint density at radius 1 is 1.29 bits per heavy atom. The Morgan fingerprint density at radius 2 is 2.10 bits per heavy atom. The molecule has 2 aromatic rings. The van der Waals surface area contributed by atoms with Crippen molar-refractivity contribution in [2.75, 3.05) is 0 Å². The van der Waals surface area contributed by atoms with Crippen molar-refractivity contribution in [3.05, 3.63) is 63.9 Å². The molecule has 7 nitrogen and oxygen atoms in total. The van der Waals surface area contributed by atoms with Crippen LogP contribution in [0, 0.1) is 10.1 Å². The Morgan fingerprint density at radius 3 is 2.76 bits per heavy atom. The minimum absolute atomic E-state index is 0.248. The number of hydrogen-bond donors (Lipinski definition) is 0. The Hall–Kier alpha value is -3.22. The number of nitro groups is 1. The van der Waals surface area contributed by atoms with Crippen molar-refractivity contribution in [1.82, 2.24) is 0 Å². The zero-order chi connectivity index (χ0) is 15.2. The number of nitrogens with zero attached hydrogens (tertiary/aromatic N) is 2. The maximum Gasteiger partial charge on any atom is 0.433 e. The van der Waals surface area contributed by atoms with Gasteiger partial charge in [0.2, 0.25) is 0 Å². The summed E-state index contributed by atoms with van der Waals surface area (Å²) >= 11 is 0. The summed E-state index contributed by atoms with van der Waals surface area (Å²) in [6.45, 7) is 0. The van der Waals surface area contributed by atoms with Crippen LogP contribution in [0.4, 0.5) is 11.6 Å². The maximum absolute atomic E-state index is 10.5. The molecular weight excluding hydrogens is 276 g/mol. The van der Waals surface area contributed by atoms with Crippen LogP contribution in [0.15, 0.2) is 51.9 Å². The molecule has 2 rings (SSSR count). The van der Waals surface area contributed by atoms with Crippen LogP contribution < -0.4 is 5.11 Å². The third-order valence-electron chi connectivity index (χ3n) is 2.42. The number of furan rings is 1. The predicted octanol–water partition coefficient (Wildman–Crippen LogP) is 1.70. The molecule has 0 radical (unpaired) electrons. The Balaban J connectivity index is 2.14. The third kappa shape index (κ3) is 4.13. The lowest BCUT2D eigenvalue weighted by molar-refractivity contribution is -0.402. The molecule has 0 aliphatic rings. The minimum atomic E-state index is -1.29. The molecule has 0 saturated carbocycles. The summed E-state index contributed by atoms with van der Waals surface area (Å²) in [6, 6.07) is 9.42. The van der Waals surface area contributed by atoms with Gasteiger partial charge >= 0.3 is 5.88 Å². The summed E-state index contributed by atoms with van der Waals surface area (Å²) in [7, 11) is 0. The number of carboxylic acid groups (broad SMARTS) is 1. The van der Waals surface area contributed by atoms with Crippen molar-refractivity contribution >= 4 is 29.8 Å². The van der Waals surface area contributed by atoms with Gasteiger partial charge in [-0.1, -0.05) is 18.2 Å². The van der Waals surface area contributed by atoms with Crippen LogP contribution in [-0.2, 0) is 4.79 Å². The quantitative estimate of drug-likeness (QED) is 0.359. The largest absolute Gasteiger partial charge is 0.545 e. The van der Waals surface area contributed by atoms with E-state index in [1.807, 2.05) is 0 Å². The van der Waals surface area contributed by atoms with Crippen LogP contribution >= 0.6 is 0 Å². The smallest absolute Gasteiger partial charge is 0.433 e. The summed E-state index contributed by atoms with van der Waals surface area (Å²) in [5, 5.41) is 20.8. The van der Waals surface area contributed by atoms with Gasteiger partial charge < -0.3 is 14.3 Å². The van der Waals surface area contributed by atoms with Crippen molar-refractivity contribution < 1.29 is 19.2 Å². The van der Waals surface area contributed by atoms with E-state index in [0.29, 0.717) is 11.3 Å². The molecule has 0 atom stereocenters. The van der Waals surface area contributed by atoms with Crippen molar-refractivity contribution in [3.8, 4) is 0 Å². The van der Waals surface area contributed by atoms with E-state index in [1.165, 1.54) is 24.4 Å². The highest BCUT2D eigenvalue weighted by atomic mass is 16.6. The number of hydrogen-bond acceptors (Lipinski definition) is 6. The number of aliphatic carboxylic acids is 1. The molecule has 0 bridgehead atoms. The van der Waals surface area contributed by atoms with Gasteiger partial charge in [-0.05, 0) is 29.8 Å². The van der Waals surface area contributed by atoms with Gasteiger partial charge in [0.15, 0.2) is 5.76 Å². The van der Waals surface area contributed by atoms with Crippen LogP contribution in [0.1, 0.15) is 11.3 Å². The molecule has 7 heteroatoms. The molecule has 1 aromatic carbocycles. The number of carbonyl (C=O) groups excluding carboxylic acids is 1. The minimum Gasteiger partial charge on any atom is -0.545 e. The monoisotopic (exact) mass is 285 g/mol. The van der Waals surface area contributed by atoms with Gasteiger partial charge in [0, 0.05) is 0 Å². The number of rotatable bonds is 5. The Kier molecular flexibility index (Phi) is 4.25. The first kappa shape index (κ1) is 14.2. The topological polar surface area (TPSA) is 109 Å². The van der Waals surface area contributed by atoms with Crippen LogP contribution in [-0.4, -0.2) is 17.1 Å². The van der Waals surface area contributed by atoms with Gasteiger partial charge in [-0.3, -0.25) is 15.1 Å². The predicted molar refractivity (Wildman–Crippen MR) is 73.1 cm³/mol. The van der Waals surface area contributed by atoms with Crippen molar-refractivity contribution in [2.24, 2.45) is 4.99 Å². The number of benzene rings is 1. The van der Waals surface area contributed by atoms with E-state index in [4.69, 9.17) is 4.42 Å². The number of carbonyl (C=O) groups is 1. The summed E-state index contributed by atoms with van der Waals surface area (Å²) < 4.78 is 4.93. The van der Waals surface area contributed by atoms with E-state index in [0.717, 1.165) is 6.08 Å². The van der Waals surface area contributed by atoms with Gasteiger partial charge in [-0.25, -0.2) is 0 Å². The Bertz CT molecular complexity index is 730. The Labute approximate surface area is 119 Å². The first-order valence-electron chi connectivity index (χ1n) is 5.82. The summed E-state index contributed by atoms with van der Waals surface area (Å²) in [5.74, 6) is -1.40. The van der Waals surface area contributed by atoms with E-state index in [-0.39, 0.29) is 11.6 Å². The van der Waals surface area contributed by atoms with Gasteiger partial charge in [-0.15, -0.1) is 0 Å². The van der Waals surface area contributed by atoms with E-state index in [2.05, 4.69) is 4.99 Å². The molecule has 106 valence electrons. The van der Waals surface area contributed by atoms with Crippen LogP contribution in [0.2, 0.25) is 0 Å². The second kappa shape index (κ2) is 6.29. The number of carboxylic acids is 1. The number of aliphatic imine (C=N–C) groups is 1. The van der Waals surface area contributed by atoms with E-state index in [9.17, 15) is 20.0 Å². The highest BCUT2D eigenvalue weighted by Crippen LogP contribution is 2.17. The first-order valence-corrected chi connectivity index (χ1v) is 5.82. The normalized spacial score (nSPS) is 11.2. The van der Waals surface area contributed by atoms with Crippen LogP contribution in [0.25, 0.3) is 6.08 Å². The molecule has 21 heavy (non-hydrogen) atoms. The van der Waals surface area contributed by atoms with Crippen LogP contribution in [0.5, 0.6) is 0 Å². The molecule has 0 spiro atoms. The van der Waals surface area contributed by atoms with Crippen molar-refractivity contribution in [2.45, 2.75) is 0 Å². The maximum atomic E-state index is 10.5. The molecule has 1 aromatic heterocycles. The molecule has 0 aliphatic carbocycles. The highest BCUT2D eigenvalue weighted by Gasteiger charge is 2.09. The lowest BCUT2D eigenvalue weighted by atomic mass is 10.2. The van der Waals surface area contributed by atoms with Gasteiger partial charge in [-0.2, -0.15) is 0 Å². The molecule has 1 heterocycles. The van der Waals surface area contributed by atoms with Crippen molar-refractivity contribution in [3.63, 3.8) is 0 Å². The SMILES string of the molecule is O=C([O-])C=Cc1cccc(N=Cc2ccc([N+](=O)[O-])o2)c1. The standard InChI is InChI=1S/C14H10N2O5/c17-14(18)7-4-10-2-1-3-11(8-10)15-9-12-5-6-13(21-12)16(19)20/h1-9H,(H,17,18)/p-1. The zero-order valence-electron chi connectivity index (χ0n) is 10.6. The molecule has 0 amide bonds. The molecule has 0 unspecified atom stereocenters. The van der Waals surface area contributed by atoms with E-state index < -0.39 is 10.9 Å². The molecule has 0 fully saturated rings. The second-order valence-electron chi connectivity index (χ2n) is 3.94. The van der Waals surface area contributed by atoms with E-state index >= 15 is 0 Å². The second-order valence-corrected chi connectivity index (χ2v) is 3.94. The summed E-state index contributed by atoms with van der Waals surface area (Å²) in [5.41, 5.74) is 1.19. The third-order valence-corrected chi connectivity index (χ3v) is 2.42. The highest BCUT2D eigenvalue weighted by molar-refractivity contribution is 5.84. The first-order chi connectivity index (χ1) is 10.0. The molecule has 0 N–H and O–H groups in total. The van der Waals surface area contributed by atoms with E-state index in [1.54, 1.807) is 24.3 Å². The fourth-order valence-electron chi connectivity index (χ4n) is 1.52. The summed E-state index contributed by atoms with van der Waals surface area (Å²) in [6.07, 6.45) is 3.64. The zero-order valence-corrected chi connectivity index (χ0v) is 10.6. The fourth-order valence-corrected chi connectivity index (χ4v) is 1.52. The van der Waals surface area contributed by atoms with Gasteiger partial charge in [0.1, 0.15) is 4.92 Å². The van der Waals surface area contributed by atoms with Crippen molar-refractivity contribution in [1.29, 1.82) is 0 Å². The van der Waals surface area contributed by atoms with Gasteiger partial charge in [0.05, 0.1) is 23.9 Å². The average molecular weight is 285 g/mol. The lowest BCUT2D eigenvalue weighted by Crippen LogP contribution is -2.18. The molecular formula is C14H9N2O5-. The summed E-state index contributed by atoms with van der Waals surface area (Å²) in [4.78, 5) is 24.3.